The molecule has 0 N–H and O–H groups in total. The number of carbonyl (C=O) groups excluding carboxylic acids is 2. The Hall–Kier alpha value is -4.32. The lowest BCUT2D eigenvalue weighted by Gasteiger charge is -2.29. The van der Waals surface area contributed by atoms with Crippen LogP contribution >= 0.6 is 0 Å². The van der Waals surface area contributed by atoms with E-state index in [1.165, 1.54) is 0 Å². The van der Waals surface area contributed by atoms with Crippen LogP contribution in [0.5, 0.6) is 11.5 Å². The van der Waals surface area contributed by atoms with Crippen LogP contribution in [0, 0.1) is 11.3 Å². The van der Waals surface area contributed by atoms with Gasteiger partial charge in [-0.2, -0.15) is 5.26 Å². The van der Waals surface area contributed by atoms with Gasteiger partial charge in [0.15, 0.2) is 17.3 Å². The molecule has 0 saturated carbocycles. The number of carbonyl (C=O) groups is 2. The summed E-state index contributed by atoms with van der Waals surface area (Å²) in [6, 6.07) is 13.4. The Bertz CT molecular complexity index is 1460. The van der Waals surface area contributed by atoms with E-state index in [2.05, 4.69) is 11.1 Å². The van der Waals surface area contributed by atoms with Crippen molar-refractivity contribution in [2.75, 3.05) is 19.8 Å². The van der Waals surface area contributed by atoms with Crippen molar-refractivity contribution < 1.29 is 23.8 Å². The number of nitrogens with zero attached hydrogens (tertiary/aromatic N) is 4. The molecule has 5 rings (SSSR count). The monoisotopic (exact) mass is 514 g/mol. The molecule has 196 valence electrons. The summed E-state index contributed by atoms with van der Waals surface area (Å²) in [7, 11) is 1.82. The van der Waals surface area contributed by atoms with Crippen LogP contribution < -0.4 is 9.47 Å². The Labute approximate surface area is 221 Å². The fourth-order valence-electron chi connectivity index (χ4n) is 4.84. The van der Waals surface area contributed by atoms with Gasteiger partial charge in [-0.05, 0) is 49.6 Å². The lowest BCUT2D eigenvalue weighted by Crippen LogP contribution is -2.40. The van der Waals surface area contributed by atoms with Gasteiger partial charge in [-0.25, -0.2) is 9.78 Å². The van der Waals surface area contributed by atoms with Crippen LogP contribution in [0.2, 0.25) is 0 Å². The summed E-state index contributed by atoms with van der Waals surface area (Å²) >= 11 is 0. The van der Waals surface area contributed by atoms with Crippen LogP contribution in [0.3, 0.4) is 0 Å². The molecular weight excluding hydrogens is 484 g/mol. The average Bonchev–Trinajstić information content (AvgIpc) is 3.23. The van der Waals surface area contributed by atoms with Gasteiger partial charge in [-0.15, -0.1) is 0 Å². The standard InChI is InChI=1S/C29H30N4O5/c1-29(2,3)38-28(35)33-11-10-23-22(17-33)31-27(32(23)4)24(34)14-18-6-5-7-20(21(18)16-30)19-8-9-25-26(15-19)37-13-12-36-25/h5-9,15H,10-14,17H2,1-4H3. The van der Waals surface area contributed by atoms with Gasteiger partial charge >= 0.3 is 6.09 Å². The molecule has 0 saturated heterocycles. The summed E-state index contributed by atoms with van der Waals surface area (Å²) < 4.78 is 18.6. The first kappa shape index (κ1) is 25.3. The minimum absolute atomic E-state index is 0.0286. The predicted octanol–water partition coefficient (Wildman–Crippen LogP) is 4.45. The lowest BCUT2D eigenvalue weighted by molar-refractivity contribution is 0.0220. The Morgan fingerprint density at radius 2 is 1.89 bits per heavy atom. The molecule has 9 nitrogen and oxygen atoms in total. The van der Waals surface area contributed by atoms with E-state index in [4.69, 9.17) is 14.2 Å². The molecule has 0 unspecified atom stereocenters. The maximum Gasteiger partial charge on any atom is 0.410 e. The van der Waals surface area contributed by atoms with Crippen molar-refractivity contribution >= 4 is 11.9 Å². The molecule has 0 bridgehead atoms. The Morgan fingerprint density at radius 1 is 1.13 bits per heavy atom. The highest BCUT2D eigenvalue weighted by Crippen LogP contribution is 2.36. The SMILES string of the molecule is Cn1c(C(=O)Cc2cccc(-c3ccc4c(c3)OCCO4)c2C#N)nc2c1CCN(C(=O)OC(C)(C)C)C2. The summed E-state index contributed by atoms with van der Waals surface area (Å²) in [5, 5.41) is 10.0. The molecule has 2 aromatic carbocycles. The number of benzene rings is 2. The Balaban J connectivity index is 1.38. The summed E-state index contributed by atoms with van der Waals surface area (Å²) in [5.41, 5.74) is 3.64. The lowest BCUT2D eigenvalue weighted by atomic mass is 9.93. The van der Waals surface area contributed by atoms with Crippen molar-refractivity contribution in [3.8, 4) is 28.7 Å². The summed E-state index contributed by atoms with van der Waals surface area (Å²) in [6.07, 6.45) is 0.214. The van der Waals surface area contributed by atoms with Crippen LogP contribution in [0.15, 0.2) is 36.4 Å². The molecule has 38 heavy (non-hydrogen) atoms. The third-order valence-corrected chi connectivity index (χ3v) is 6.62. The molecule has 0 fully saturated rings. The van der Waals surface area contributed by atoms with Gasteiger partial charge in [-0.3, -0.25) is 4.79 Å². The number of ether oxygens (including phenoxy) is 3. The van der Waals surface area contributed by atoms with Crippen molar-refractivity contribution in [2.45, 2.75) is 45.8 Å². The maximum absolute atomic E-state index is 13.4. The zero-order valence-corrected chi connectivity index (χ0v) is 22.0. The maximum atomic E-state index is 13.4. The van der Waals surface area contributed by atoms with Gasteiger partial charge in [-0.1, -0.05) is 24.3 Å². The second-order valence-electron chi connectivity index (χ2n) is 10.4. The quantitative estimate of drug-likeness (QED) is 0.474. The fourth-order valence-corrected chi connectivity index (χ4v) is 4.84. The molecule has 1 amide bonds. The molecule has 0 spiro atoms. The molecule has 3 heterocycles. The number of ketones is 1. The first-order valence-electron chi connectivity index (χ1n) is 12.6. The third kappa shape index (κ3) is 4.94. The number of hydrogen-bond acceptors (Lipinski definition) is 7. The zero-order chi connectivity index (χ0) is 27.0. The Kier molecular flexibility index (Phi) is 6.57. The van der Waals surface area contributed by atoms with Gasteiger partial charge in [0.1, 0.15) is 24.9 Å². The van der Waals surface area contributed by atoms with Gasteiger partial charge < -0.3 is 23.7 Å². The summed E-state index contributed by atoms with van der Waals surface area (Å²) in [5.74, 6) is 1.43. The fraction of sp³-hybridized carbons (Fsp3) is 0.379. The van der Waals surface area contributed by atoms with E-state index in [0.717, 1.165) is 16.8 Å². The number of aromatic nitrogens is 2. The van der Waals surface area contributed by atoms with Crippen molar-refractivity contribution in [3.05, 3.63) is 64.7 Å². The van der Waals surface area contributed by atoms with E-state index in [-0.39, 0.29) is 18.7 Å². The van der Waals surface area contributed by atoms with Gasteiger partial charge in [0.25, 0.3) is 0 Å². The van der Waals surface area contributed by atoms with Crippen molar-refractivity contribution in [1.82, 2.24) is 14.5 Å². The highest BCUT2D eigenvalue weighted by Gasteiger charge is 2.30. The number of Topliss-reactive ketones (excluding diaryl/α,β-unsaturated/α-hetero) is 1. The molecular formula is C29H30N4O5. The van der Waals surface area contributed by atoms with Gasteiger partial charge in [0.2, 0.25) is 5.78 Å². The van der Waals surface area contributed by atoms with Crippen molar-refractivity contribution in [3.63, 3.8) is 0 Å². The highest BCUT2D eigenvalue weighted by atomic mass is 16.6. The van der Waals surface area contributed by atoms with E-state index in [1.807, 2.05) is 58.2 Å². The summed E-state index contributed by atoms with van der Waals surface area (Å²) in [6.45, 7) is 7.24. The highest BCUT2D eigenvalue weighted by molar-refractivity contribution is 5.95. The van der Waals surface area contributed by atoms with E-state index >= 15 is 0 Å². The number of fused-ring (bicyclic) bond motifs is 2. The first-order chi connectivity index (χ1) is 18.1. The van der Waals surface area contributed by atoms with Crippen LogP contribution in [0.4, 0.5) is 4.79 Å². The smallest absolute Gasteiger partial charge is 0.410 e. The van der Waals surface area contributed by atoms with Crippen LogP contribution in [-0.2, 0) is 31.2 Å². The number of nitriles is 1. The molecule has 0 aliphatic carbocycles. The summed E-state index contributed by atoms with van der Waals surface area (Å²) in [4.78, 5) is 32.2. The molecule has 2 aliphatic rings. The van der Waals surface area contributed by atoms with Gasteiger partial charge in [0, 0.05) is 32.1 Å². The van der Waals surface area contributed by atoms with Gasteiger partial charge in [0.05, 0.1) is 17.8 Å². The number of imidazole rings is 1. The Morgan fingerprint density at radius 3 is 2.63 bits per heavy atom. The number of hydrogen-bond donors (Lipinski definition) is 0. The second-order valence-corrected chi connectivity index (χ2v) is 10.4. The predicted molar refractivity (Wildman–Crippen MR) is 139 cm³/mol. The topological polar surface area (TPSA) is 107 Å². The normalized spacial score (nSPS) is 14.4. The van der Waals surface area contributed by atoms with E-state index in [1.54, 1.807) is 15.5 Å². The molecule has 3 aromatic rings. The van der Waals surface area contributed by atoms with Crippen molar-refractivity contribution in [1.29, 1.82) is 5.26 Å². The minimum Gasteiger partial charge on any atom is -0.486 e. The molecule has 0 atom stereocenters. The average molecular weight is 515 g/mol. The van der Waals surface area contributed by atoms with Crippen LogP contribution in [0.1, 0.15) is 53.9 Å². The van der Waals surface area contributed by atoms with E-state index in [9.17, 15) is 14.9 Å². The molecule has 0 radical (unpaired) electrons. The molecule has 2 aliphatic heterocycles. The number of rotatable bonds is 4. The zero-order valence-electron chi connectivity index (χ0n) is 22.0. The third-order valence-electron chi connectivity index (χ3n) is 6.62. The largest absolute Gasteiger partial charge is 0.486 e. The first-order valence-corrected chi connectivity index (χ1v) is 12.6. The molecule has 9 heteroatoms. The van der Waals surface area contributed by atoms with E-state index < -0.39 is 11.7 Å². The van der Waals surface area contributed by atoms with E-state index in [0.29, 0.717) is 60.3 Å². The number of amides is 1. The van der Waals surface area contributed by atoms with Crippen LogP contribution in [0.25, 0.3) is 11.1 Å². The van der Waals surface area contributed by atoms with Crippen molar-refractivity contribution in [2.24, 2.45) is 7.05 Å². The molecule has 1 aromatic heterocycles. The van der Waals surface area contributed by atoms with Crippen LogP contribution in [-0.4, -0.2) is 51.7 Å². The second kappa shape index (κ2) is 9.86. The minimum atomic E-state index is -0.588.